The van der Waals surface area contributed by atoms with E-state index in [1.807, 2.05) is 0 Å². The van der Waals surface area contributed by atoms with Crippen LogP contribution in [-0.2, 0) is 11.2 Å². The average Bonchev–Trinajstić information content (AvgIpc) is 2.31. The van der Waals surface area contributed by atoms with Crippen LogP contribution in [0.3, 0.4) is 0 Å². The standard InChI is InChI=1S/C12H15F2NO2/c1-2-12(7-15,11(16)17)6-8-4-3-5-9(13)10(8)14/h3-5H,2,6-7,15H2,1H3,(H,16,17). The number of rotatable bonds is 5. The summed E-state index contributed by atoms with van der Waals surface area (Å²) in [6, 6.07) is 3.73. The summed E-state index contributed by atoms with van der Waals surface area (Å²) >= 11 is 0. The summed E-state index contributed by atoms with van der Waals surface area (Å²) in [5, 5.41) is 9.15. The number of nitrogens with two attached hydrogens (primary N) is 1. The molecule has 3 nitrogen and oxygen atoms in total. The number of carboxylic acids is 1. The average molecular weight is 243 g/mol. The van der Waals surface area contributed by atoms with E-state index in [0.29, 0.717) is 0 Å². The Kier molecular flexibility index (Phi) is 4.17. The van der Waals surface area contributed by atoms with Crippen LogP contribution in [0.25, 0.3) is 0 Å². The van der Waals surface area contributed by atoms with Crippen LogP contribution in [0.2, 0.25) is 0 Å². The van der Waals surface area contributed by atoms with Crippen molar-refractivity contribution in [2.24, 2.45) is 11.1 Å². The molecular formula is C12H15F2NO2. The number of aliphatic carboxylic acids is 1. The first-order valence-electron chi connectivity index (χ1n) is 5.33. The lowest BCUT2D eigenvalue weighted by molar-refractivity contribution is -0.148. The Morgan fingerprint density at radius 1 is 1.47 bits per heavy atom. The first kappa shape index (κ1) is 13.6. The molecule has 0 amide bonds. The first-order valence-corrected chi connectivity index (χ1v) is 5.33. The van der Waals surface area contributed by atoms with Crippen molar-refractivity contribution in [3.05, 3.63) is 35.4 Å². The smallest absolute Gasteiger partial charge is 0.311 e. The second-order valence-corrected chi connectivity index (χ2v) is 4.03. The predicted molar refractivity (Wildman–Crippen MR) is 59.5 cm³/mol. The number of halogens is 2. The van der Waals surface area contributed by atoms with E-state index < -0.39 is 23.0 Å². The summed E-state index contributed by atoms with van der Waals surface area (Å²) in [6.07, 6.45) is 0.147. The van der Waals surface area contributed by atoms with Crippen molar-refractivity contribution in [3.8, 4) is 0 Å². The molecule has 1 unspecified atom stereocenters. The van der Waals surface area contributed by atoms with Gasteiger partial charge in [0.05, 0.1) is 5.41 Å². The predicted octanol–water partition coefficient (Wildman–Crippen LogP) is 1.95. The maximum absolute atomic E-state index is 13.5. The van der Waals surface area contributed by atoms with Gasteiger partial charge in [-0.25, -0.2) is 8.78 Å². The van der Waals surface area contributed by atoms with Crippen LogP contribution in [0.5, 0.6) is 0 Å². The molecule has 0 radical (unpaired) electrons. The SMILES string of the molecule is CCC(CN)(Cc1cccc(F)c1F)C(=O)O. The van der Waals surface area contributed by atoms with Crippen LogP contribution in [0, 0.1) is 17.0 Å². The number of carboxylic acid groups (broad SMARTS) is 1. The van der Waals surface area contributed by atoms with Gasteiger partial charge < -0.3 is 10.8 Å². The van der Waals surface area contributed by atoms with E-state index in [1.165, 1.54) is 12.1 Å². The van der Waals surface area contributed by atoms with Gasteiger partial charge in [-0.1, -0.05) is 19.1 Å². The van der Waals surface area contributed by atoms with Gasteiger partial charge in [0.2, 0.25) is 0 Å². The third-order valence-corrected chi connectivity index (χ3v) is 3.08. The fraction of sp³-hybridized carbons (Fsp3) is 0.417. The minimum Gasteiger partial charge on any atom is -0.481 e. The zero-order chi connectivity index (χ0) is 13.1. The van der Waals surface area contributed by atoms with Crippen molar-refractivity contribution in [2.45, 2.75) is 19.8 Å². The molecule has 0 saturated heterocycles. The Hall–Kier alpha value is -1.49. The number of hydrogen-bond acceptors (Lipinski definition) is 2. The van der Waals surface area contributed by atoms with Crippen LogP contribution < -0.4 is 5.73 Å². The second kappa shape index (κ2) is 5.23. The lowest BCUT2D eigenvalue weighted by atomic mass is 9.79. The Morgan fingerprint density at radius 2 is 2.12 bits per heavy atom. The normalized spacial score (nSPS) is 14.4. The fourth-order valence-electron chi connectivity index (χ4n) is 1.71. The quantitative estimate of drug-likeness (QED) is 0.830. The Balaban J connectivity index is 3.10. The Morgan fingerprint density at radius 3 is 2.59 bits per heavy atom. The van der Waals surface area contributed by atoms with E-state index in [-0.39, 0.29) is 24.9 Å². The highest BCUT2D eigenvalue weighted by molar-refractivity contribution is 5.75. The van der Waals surface area contributed by atoms with Crippen molar-refractivity contribution >= 4 is 5.97 Å². The van der Waals surface area contributed by atoms with Crippen LogP contribution in [-0.4, -0.2) is 17.6 Å². The van der Waals surface area contributed by atoms with E-state index in [4.69, 9.17) is 10.8 Å². The van der Waals surface area contributed by atoms with Crippen molar-refractivity contribution < 1.29 is 18.7 Å². The van der Waals surface area contributed by atoms with Gasteiger partial charge in [-0.2, -0.15) is 0 Å². The first-order chi connectivity index (χ1) is 7.96. The maximum atomic E-state index is 13.5. The number of carbonyl (C=O) groups is 1. The molecule has 17 heavy (non-hydrogen) atoms. The Bertz CT molecular complexity index is 417. The largest absolute Gasteiger partial charge is 0.481 e. The van der Waals surface area contributed by atoms with Crippen LogP contribution in [0.15, 0.2) is 18.2 Å². The number of benzene rings is 1. The third-order valence-electron chi connectivity index (χ3n) is 3.08. The van der Waals surface area contributed by atoms with Crippen LogP contribution in [0.4, 0.5) is 8.78 Å². The monoisotopic (exact) mass is 243 g/mol. The van der Waals surface area contributed by atoms with Gasteiger partial charge in [0.15, 0.2) is 11.6 Å². The number of hydrogen-bond donors (Lipinski definition) is 2. The molecule has 3 N–H and O–H groups in total. The highest BCUT2D eigenvalue weighted by Gasteiger charge is 2.36. The lowest BCUT2D eigenvalue weighted by Crippen LogP contribution is -2.40. The molecule has 1 rings (SSSR count). The van der Waals surface area contributed by atoms with Gasteiger partial charge in [0.1, 0.15) is 0 Å². The Labute approximate surface area is 98.2 Å². The molecule has 0 aliphatic rings. The minimum atomic E-state index is -1.24. The molecule has 94 valence electrons. The van der Waals surface area contributed by atoms with Crippen molar-refractivity contribution in [3.63, 3.8) is 0 Å². The van der Waals surface area contributed by atoms with E-state index in [1.54, 1.807) is 6.92 Å². The highest BCUT2D eigenvalue weighted by atomic mass is 19.2. The summed E-state index contributed by atoms with van der Waals surface area (Å²) in [5.74, 6) is -3.07. The van der Waals surface area contributed by atoms with Crippen molar-refractivity contribution in [1.29, 1.82) is 0 Å². The molecule has 1 aromatic carbocycles. The molecule has 0 saturated carbocycles. The molecule has 0 fully saturated rings. The van der Waals surface area contributed by atoms with E-state index in [9.17, 15) is 13.6 Å². The van der Waals surface area contributed by atoms with Gasteiger partial charge >= 0.3 is 5.97 Å². The van der Waals surface area contributed by atoms with Crippen LogP contribution >= 0.6 is 0 Å². The van der Waals surface area contributed by atoms with Crippen molar-refractivity contribution in [2.75, 3.05) is 6.54 Å². The maximum Gasteiger partial charge on any atom is 0.311 e. The molecule has 0 heterocycles. The minimum absolute atomic E-state index is 0.0414. The van der Waals surface area contributed by atoms with E-state index >= 15 is 0 Å². The summed E-state index contributed by atoms with van der Waals surface area (Å²) in [6.45, 7) is 1.55. The highest BCUT2D eigenvalue weighted by Crippen LogP contribution is 2.28. The molecule has 5 heteroatoms. The third kappa shape index (κ3) is 2.61. The molecule has 0 aromatic heterocycles. The zero-order valence-corrected chi connectivity index (χ0v) is 9.54. The summed E-state index contributed by atoms with van der Waals surface area (Å²) in [5.41, 5.74) is 4.26. The molecule has 1 aromatic rings. The molecule has 0 bridgehead atoms. The van der Waals surface area contributed by atoms with Crippen LogP contribution in [0.1, 0.15) is 18.9 Å². The molecule has 0 aliphatic carbocycles. The van der Waals surface area contributed by atoms with E-state index in [2.05, 4.69) is 0 Å². The summed E-state index contributed by atoms with van der Waals surface area (Å²) in [7, 11) is 0. The second-order valence-electron chi connectivity index (χ2n) is 4.03. The summed E-state index contributed by atoms with van der Waals surface area (Å²) in [4.78, 5) is 11.2. The molecular weight excluding hydrogens is 228 g/mol. The lowest BCUT2D eigenvalue weighted by Gasteiger charge is -2.26. The summed E-state index contributed by atoms with van der Waals surface area (Å²) < 4.78 is 26.5. The van der Waals surface area contributed by atoms with Crippen molar-refractivity contribution in [1.82, 2.24) is 0 Å². The van der Waals surface area contributed by atoms with Gasteiger partial charge in [-0.15, -0.1) is 0 Å². The fourth-order valence-corrected chi connectivity index (χ4v) is 1.71. The van der Waals surface area contributed by atoms with E-state index in [0.717, 1.165) is 6.07 Å². The topological polar surface area (TPSA) is 63.3 Å². The van der Waals surface area contributed by atoms with Gasteiger partial charge in [-0.05, 0) is 24.5 Å². The van der Waals surface area contributed by atoms with Gasteiger partial charge in [-0.3, -0.25) is 4.79 Å². The molecule has 1 atom stereocenters. The van der Waals surface area contributed by atoms with Gasteiger partial charge in [0.25, 0.3) is 0 Å². The zero-order valence-electron chi connectivity index (χ0n) is 9.54. The van der Waals surface area contributed by atoms with Gasteiger partial charge in [0, 0.05) is 6.54 Å². The molecule has 0 spiro atoms. The molecule has 0 aliphatic heterocycles.